The maximum Gasteiger partial charge on any atom is 0.324 e. The van der Waals surface area contributed by atoms with Crippen molar-refractivity contribution < 1.29 is 14.3 Å². The maximum atomic E-state index is 13.4. The van der Waals surface area contributed by atoms with Gasteiger partial charge in [0, 0.05) is 13.0 Å². The van der Waals surface area contributed by atoms with Crippen LogP contribution in [-0.2, 0) is 4.79 Å². The first-order chi connectivity index (χ1) is 5.06. The van der Waals surface area contributed by atoms with Gasteiger partial charge < -0.3 is 5.11 Å². The molecule has 1 aliphatic carbocycles. The molecule has 2 fully saturated rings. The monoisotopic (exact) mass is 159 g/mol. The Balaban J connectivity index is 2.27. The molecule has 62 valence electrons. The van der Waals surface area contributed by atoms with Crippen LogP contribution in [0.15, 0.2) is 0 Å². The number of halogens is 1. The Morgan fingerprint density at radius 2 is 2.27 bits per heavy atom. The van der Waals surface area contributed by atoms with Gasteiger partial charge >= 0.3 is 5.97 Å². The molecule has 1 saturated carbocycles. The van der Waals surface area contributed by atoms with Gasteiger partial charge in [0.05, 0.1) is 0 Å². The maximum absolute atomic E-state index is 13.4. The zero-order valence-corrected chi connectivity index (χ0v) is 6.06. The van der Waals surface area contributed by atoms with Gasteiger partial charge in [-0.25, -0.2) is 4.39 Å². The molecule has 1 saturated heterocycles. The van der Waals surface area contributed by atoms with Crippen LogP contribution in [0.25, 0.3) is 0 Å². The molecule has 2 rings (SSSR count). The number of alkyl halides is 1. The Morgan fingerprint density at radius 3 is 2.45 bits per heavy atom. The van der Waals surface area contributed by atoms with E-state index in [0.717, 1.165) is 0 Å². The van der Waals surface area contributed by atoms with Crippen LogP contribution in [0.4, 0.5) is 4.39 Å². The van der Waals surface area contributed by atoms with Gasteiger partial charge in [-0.3, -0.25) is 10.1 Å². The highest BCUT2D eigenvalue weighted by Gasteiger charge is 2.59. The van der Waals surface area contributed by atoms with Gasteiger partial charge in [0.2, 0.25) is 0 Å². The number of aliphatic carboxylic acids is 1. The van der Waals surface area contributed by atoms with Crippen LogP contribution in [-0.4, -0.2) is 28.8 Å². The fourth-order valence-electron chi connectivity index (χ4n) is 2.04. The Kier molecular flexibility index (Phi) is 1.12. The van der Waals surface area contributed by atoms with E-state index in [1.54, 1.807) is 0 Å². The van der Waals surface area contributed by atoms with E-state index in [0.29, 0.717) is 12.8 Å². The highest BCUT2D eigenvalue weighted by molar-refractivity contribution is 5.80. The molecule has 2 N–H and O–H groups in total. The van der Waals surface area contributed by atoms with Gasteiger partial charge in [-0.05, 0) is 12.8 Å². The van der Waals surface area contributed by atoms with Crippen LogP contribution in [0.2, 0.25) is 0 Å². The minimum atomic E-state index is -1.24. The molecule has 0 radical (unpaired) electrons. The highest BCUT2D eigenvalue weighted by Crippen LogP contribution is 2.45. The van der Waals surface area contributed by atoms with Crippen molar-refractivity contribution in [2.45, 2.75) is 30.5 Å². The van der Waals surface area contributed by atoms with E-state index < -0.39 is 17.2 Å². The minimum Gasteiger partial charge on any atom is -0.480 e. The van der Waals surface area contributed by atoms with Crippen molar-refractivity contribution in [3.05, 3.63) is 0 Å². The Hall–Kier alpha value is -0.640. The minimum absolute atomic E-state index is 0.148. The van der Waals surface area contributed by atoms with Gasteiger partial charge in [-0.1, -0.05) is 0 Å². The molecular weight excluding hydrogens is 149 g/mol. The summed E-state index contributed by atoms with van der Waals surface area (Å²) in [4.78, 5) is 10.7. The summed E-state index contributed by atoms with van der Waals surface area (Å²) in [5.41, 5.74) is -2.17. The summed E-state index contributed by atoms with van der Waals surface area (Å²) in [5, 5.41) is 11.5. The van der Waals surface area contributed by atoms with E-state index in [9.17, 15) is 9.18 Å². The molecule has 11 heavy (non-hydrogen) atoms. The zero-order chi connectivity index (χ0) is 8.11. The van der Waals surface area contributed by atoms with Crippen molar-refractivity contribution in [3.63, 3.8) is 0 Å². The number of carbonyl (C=O) groups is 1. The van der Waals surface area contributed by atoms with Gasteiger partial charge in [0.15, 0.2) is 0 Å². The first kappa shape index (κ1) is 7.03. The van der Waals surface area contributed by atoms with Crippen molar-refractivity contribution >= 4 is 5.97 Å². The number of carboxylic acid groups (broad SMARTS) is 1. The predicted molar refractivity (Wildman–Crippen MR) is 36.1 cm³/mol. The third kappa shape index (κ3) is 0.788. The number of piperidine rings is 1. The lowest BCUT2D eigenvalue weighted by molar-refractivity contribution is -0.144. The fourth-order valence-corrected chi connectivity index (χ4v) is 2.04. The van der Waals surface area contributed by atoms with E-state index in [1.807, 2.05) is 0 Å². The average molecular weight is 159 g/mol. The molecule has 0 aromatic rings. The number of hydrogen-bond donors (Lipinski definition) is 2. The summed E-state index contributed by atoms with van der Waals surface area (Å²) in [6.07, 6.45) is 0.973. The lowest BCUT2D eigenvalue weighted by Gasteiger charge is -2.22. The number of rotatable bonds is 1. The quantitative estimate of drug-likeness (QED) is 0.578. The lowest BCUT2D eigenvalue weighted by Crippen LogP contribution is -2.47. The number of nitrogens with one attached hydrogen (secondary N) is 1. The summed E-state index contributed by atoms with van der Waals surface area (Å²) >= 11 is 0. The second kappa shape index (κ2) is 1.75. The third-order valence-corrected chi connectivity index (χ3v) is 2.77. The Morgan fingerprint density at radius 1 is 1.55 bits per heavy atom. The summed E-state index contributed by atoms with van der Waals surface area (Å²) in [7, 11) is 0. The van der Waals surface area contributed by atoms with Crippen molar-refractivity contribution in [2.24, 2.45) is 0 Å². The summed E-state index contributed by atoms with van der Waals surface area (Å²) in [5.74, 6) is -0.908. The van der Waals surface area contributed by atoms with Crippen LogP contribution in [0, 0.1) is 0 Å². The third-order valence-electron chi connectivity index (χ3n) is 2.77. The molecule has 2 unspecified atom stereocenters. The zero-order valence-electron chi connectivity index (χ0n) is 6.06. The molecule has 0 spiro atoms. The van der Waals surface area contributed by atoms with Crippen LogP contribution < -0.4 is 5.32 Å². The van der Waals surface area contributed by atoms with Gasteiger partial charge in [-0.2, -0.15) is 0 Å². The van der Waals surface area contributed by atoms with Crippen LogP contribution in [0.5, 0.6) is 0 Å². The second-order valence-electron chi connectivity index (χ2n) is 3.57. The van der Waals surface area contributed by atoms with Crippen molar-refractivity contribution in [2.75, 3.05) is 6.54 Å². The SMILES string of the molecule is O=C(O)C12CCC(F)(CN1)C2. The standard InChI is InChI=1S/C7H10FNO2/c8-6-1-2-7(3-6,5(10)11)9-4-6/h9H,1-4H2,(H,10,11). The first-order valence-electron chi connectivity index (χ1n) is 3.74. The van der Waals surface area contributed by atoms with Crippen molar-refractivity contribution in [1.82, 2.24) is 5.32 Å². The number of fused-ring (bicyclic) bond motifs is 2. The molecule has 3 nitrogen and oxygen atoms in total. The van der Waals surface area contributed by atoms with Crippen molar-refractivity contribution in [3.8, 4) is 0 Å². The Labute approximate surface area is 63.6 Å². The van der Waals surface area contributed by atoms with Gasteiger partial charge in [0.1, 0.15) is 11.2 Å². The van der Waals surface area contributed by atoms with Crippen molar-refractivity contribution in [1.29, 1.82) is 0 Å². The van der Waals surface area contributed by atoms with Crippen LogP contribution in [0.1, 0.15) is 19.3 Å². The van der Waals surface area contributed by atoms with E-state index in [1.165, 1.54) is 0 Å². The highest BCUT2D eigenvalue weighted by atomic mass is 19.1. The summed E-state index contributed by atoms with van der Waals surface area (Å²) in [6.45, 7) is 0.208. The first-order valence-corrected chi connectivity index (χ1v) is 3.74. The van der Waals surface area contributed by atoms with Gasteiger partial charge in [-0.15, -0.1) is 0 Å². The number of carboxylic acids is 1. The molecule has 2 atom stereocenters. The average Bonchev–Trinajstić information content (AvgIpc) is 2.42. The van der Waals surface area contributed by atoms with E-state index in [4.69, 9.17) is 5.11 Å². The second-order valence-corrected chi connectivity index (χ2v) is 3.57. The molecule has 2 bridgehead atoms. The molecular formula is C7H10FNO2. The molecule has 0 aromatic heterocycles. The van der Waals surface area contributed by atoms with E-state index in [2.05, 4.69) is 5.32 Å². The molecule has 0 aromatic carbocycles. The largest absolute Gasteiger partial charge is 0.480 e. The molecule has 2 aliphatic rings. The Bertz CT molecular complexity index is 208. The smallest absolute Gasteiger partial charge is 0.324 e. The topological polar surface area (TPSA) is 49.3 Å². The molecule has 1 aliphatic heterocycles. The summed E-state index contributed by atoms with van der Waals surface area (Å²) < 4.78 is 13.4. The lowest BCUT2D eigenvalue weighted by atomic mass is 10.00. The van der Waals surface area contributed by atoms with E-state index in [-0.39, 0.29) is 13.0 Å². The van der Waals surface area contributed by atoms with Crippen LogP contribution >= 0.6 is 0 Å². The fraction of sp³-hybridized carbons (Fsp3) is 0.857. The number of hydrogen-bond acceptors (Lipinski definition) is 2. The predicted octanol–water partition coefficient (Wildman–Crippen LogP) is 0.305. The molecule has 4 heteroatoms. The molecule has 1 heterocycles. The van der Waals surface area contributed by atoms with E-state index >= 15 is 0 Å². The van der Waals surface area contributed by atoms with Gasteiger partial charge in [0.25, 0.3) is 0 Å². The summed E-state index contributed by atoms with van der Waals surface area (Å²) in [6, 6.07) is 0. The molecule has 0 amide bonds. The van der Waals surface area contributed by atoms with Crippen LogP contribution in [0.3, 0.4) is 0 Å². The normalized spacial score (nSPS) is 48.1.